The molecule has 0 atom stereocenters. The zero-order valence-corrected chi connectivity index (χ0v) is 36.8. The first-order chi connectivity index (χ1) is 33.1. The van der Waals surface area contributed by atoms with Crippen molar-refractivity contribution in [2.24, 2.45) is 0 Å². The molecule has 10 aromatic rings. The van der Waals surface area contributed by atoms with Gasteiger partial charge in [-0.05, 0) is 153 Å². The zero-order valence-electron chi connectivity index (χ0n) is 36.8. The van der Waals surface area contributed by atoms with E-state index in [1.54, 1.807) is 0 Å². The molecule has 0 saturated heterocycles. The minimum Gasteiger partial charge on any atom is -0.309 e. The highest BCUT2D eigenvalue weighted by molar-refractivity contribution is 6.11. The van der Waals surface area contributed by atoms with E-state index in [1.807, 2.05) is 18.2 Å². The third-order valence-electron chi connectivity index (χ3n) is 14.4. The molecule has 8 aromatic carbocycles. The van der Waals surface area contributed by atoms with E-state index in [9.17, 15) is 5.26 Å². The second-order valence-electron chi connectivity index (χ2n) is 17.8. The van der Waals surface area contributed by atoms with Crippen molar-refractivity contribution in [3.63, 3.8) is 0 Å². The number of fused-ring (bicyclic) bond motifs is 13. The molecule has 13 rings (SSSR count). The van der Waals surface area contributed by atoms with Crippen LogP contribution in [0.25, 0.3) is 84.1 Å². The molecule has 2 heterocycles. The molecule has 0 aliphatic heterocycles. The van der Waals surface area contributed by atoms with Crippen molar-refractivity contribution < 1.29 is 0 Å². The smallest absolute Gasteiger partial charge is 0.0991 e. The zero-order chi connectivity index (χ0) is 44.6. The molecule has 67 heavy (non-hydrogen) atoms. The van der Waals surface area contributed by atoms with Crippen molar-refractivity contribution in [2.75, 3.05) is 0 Å². The van der Waals surface area contributed by atoms with Crippen molar-refractivity contribution >= 4 is 50.4 Å². The lowest BCUT2D eigenvalue weighted by Gasteiger charge is -2.32. The summed E-state index contributed by atoms with van der Waals surface area (Å²) in [7, 11) is 0. The molecule has 2 aromatic heterocycles. The summed E-state index contributed by atoms with van der Waals surface area (Å²) in [6, 6.07) is 68.4. The number of aromatic nitrogens is 2. The van der Waals surface area contributed by atoms with Gasteiger partial charge in [-0.2, -0.15) is 5.26 Å². The number of allylic oxidation sites excluding steroid dienone is 7. The Labute approximate surface area is 390 Å². The summed E-state index contributed by atoms with van der Waals surface area (Å²) in [5, 5.41) is 13.2. The van der Waals surface area contributed by atoms with Gasteiger partial charge in [0.05, 0.1) is 39.3 Å². The lowest BCUT2D eigenvalue weighted by atomic mass is 9.69. The summed E-state index contributed by atoms with van der Waals surface area (Å²) in [6.45, 7) is 4.24. The van der Waals surface area contributed by atoms with Gasteiger partial charge in [0, 0.05) is 33.1 Å². The number of hydrogen-bond acceptors (Lipinski definition) is 1. The molecule has 314 valence electrons. The predicted molar refractivity (Wildman–Crippen MR) is 279 cm³/mol. The normalized spacial score (nSPS) is 14.2. The summed E-state index contributed by atoms with van der Waals surface area (Å²) in [6.07, 6.45) is 17.6. The predicted octanol–water partition coefficient (Wildman–Crippen LogP) is 15.8. The van der Waals surface area contributed by atoms with Crippen molar-refractivity contribution in [3.8, 4) is 39.7 Å². The van der Waals surface area contributed by atoms with Gasteiger partial charge in [-0.1, -0.05) is 152 Å². The van der Waals surface area contributed by atoms with Crippen molar-refractivity contribution in [1.82, 2.24) is 9.13 Å². The van der Waals surface area contributed by atoms with Gasteiger partial charge in [0.1, 0.15) is 0 Å². The van der Waals surface area contributed by atoms with Crippen LogP contribution in [0.15, 0.2) is 225 Å². The van der Waals surface area contributed by atoms with Crippen LogP contribution >= 0.6 is 0 Å². The number of rotatable bonds is 7. The minimum absolute atomic E-state index is 0.418. The third kappa shape index (κ3) is 5.70. The molecular weight excluding hydrogens is 811 g/mol. The summed E-state index contributed by atoms with van der Waals surface area (Å²) < 4.78 is 4.68. The Morgan fingerprint density at radius 2 is 1.19 bits per heavy atom. The molecule has 0 unspecified atom stereocenters. The second-order valence-corrected chi connectivity index (χ2v) is 17.8. The van der Waals surface area contributed by atoms with Gasteiger partial charge in [0.25, 0.3) is 0 Å². The van der Waals surface area contributed by atoms with Gasteiger partial charge in [-0.25, -0.2) is 0 Å². The largest absolute Gasteiger partial charge is 0.309 e. The number of para-hydroxylation sites is 2. The average Bonchev–Trinajstić information content (AvgIpc) is 4.00. The number of nitriles is 1. The third-order valence-corrected chi connectivity index (χ3v) is 14.4. The number of benzene rings is 8. The van der Waals surface area contributed by atoms with Gasteiger partial charge in [-0.15, -0.1) is 0 Å². The first-order valence-corrected chi connectivity index (χ1v) is 23.1. The molecule has 0 saturated carbocycles. The van der Waals surface area contributed by atoms with Gasteiger partial charge < -0.3 is 9.13 Å². The fourth-order valence-corrected chi connectivity index (χ4v) is 11.6. The van der Waals surface area contributed by atoms with Crippen LogP contribution in [-0.2, 0) is 11.8 Å². The van der Waals surface area contributed by atoms with E-state index >= 15 is 0 Å². The Hall–Kier alpha value is -8.71. The molecule has 0 bridgehead atoms. The standard InChI is InChI=1S/C64H43N3/c1-2-48-53-22-11-14-26-61(53)66(46-17-5-3-6-18-46)60(48)27-15-16-42-30-36-62-54(38-42)55-39-44(32-37-63(55)67(62)47-33-28-43(41-65)29-34-47)45-31-35-52-51-19-7-4-8-23-56(51)64(59(52)40-45)57-24-12-9-20-49(57)50-21-10-13-25-58(50)64/h2-3,5-15,17-40H,1,4,16H2/b27-15-. The molecule has 3 aliphatic rings. The topological polar surface area (TPSA) is 33.6 Å². The Balaban J connectivity index is 0.961. The maximum Gasteiger partial charge on any atom is 0.0991 e. The highest BCUT2D eigenvalue weighted by Crippen LogP contribution is 2.63. The first kappa shape index (κ1) is 38.7. The van der Waals surface area contributed by atoms with Crippen molar-refractivity contribution in [3.05, 3.63) is 269 Å². The Morgan fingerprint density at radius 3 is 1.97 bits per heavy atom. The maximum absolute atomic E-state index is 9.67. The Kier molecular flexibility index (Phi) is 8.78. The van der Waals surface area contributed by atoms with E-state index in [-0.39, 0.29) is 0 Å². The summed E-state index contributed by atoms with van der Waals surface area (Å²) in [5.41, 5.74) is 22.2. The summed E-state index contributed by atoms with van der Waals surface area (Å²) >= 11 is 0. The van der Waals surface area contributed by atoms with Gasteiger partial charge >= 0.3 is 0 Å². The van der Waals surface area contributed by atoms with Crippen LogP contribution in [0.4, 0.5) is 0 Å². The van der Waals surface area contributed by atoms with Gasteiger partial charge in [-0.3, -0.25) is 0 Å². The highest BCUT2D eigenvalue weighted by Gasteiger charge is 2.52. The monoisotopic (exact) mass is 853 g/mol. The van der Waals surface area contributed by atoms with Gasteiger partial charge in [0.2, 0.25) is 0 Å². The van der Waals surface area contributed by atoms with E-state index < -0.39 is 5.41 Å². The van der Waals surface area contributed by atoms with E-state index in [0.717, 1.165) is 52.0 Å². The van der Waals surface area contributed by atoms with Crippen LogP contribution in [0, 0.1) is 11.3 Å². The van der Waals surface area contributed by atoms with Crippen LogP contribution in [0.2, 0.25) is 0 Å². The van der Waals surface area contributed by atoms with E-state index in [0.29, 0.717) is 5.56 Å². The Bertz CT molecular complexity index is 3830. The average molecular weight is 854 g/mol. The molecule has 0 N–H and O–H groups in total. The summed E-state index contributed by atoms with van der Waals surface area (Å²) in [4.78, 5) is 0. The van der Waals surface area contributed by atoms with Gasteiger partial charge in [0.15, 0.2) is 0 Å². The molecule has 0 radical (unpaired) electrons. The lowest BCUT2D eigenvalue weighted by molar-refractivity contribution is 0.786. The maximum atomic E-state index is 9.67. The van der Waals surface area contributed by atoms with Crippen LogP contribution < -0.4 is 0 Å². The molecular formula is C64H43N3. The van der Waals surface area contributed by atoms with Crippen LogP contribution in [0.3, 0.4) is 0 Å². The first-order valence-electron chi connectivity index (χ1n) is 23.1. The fourth-order valence-electron chi connectivity index (χ4n) is 11.6. The molecule has 0 amide bonds. The van der Waals surface area contributed by atoms with E-state index in [1.165, 1.54) is 77.4 Å². The quantitative estimate of drug-likeness (QED) is 0.157. The molecule has 3 aliphatic carbocycles. The minimum atomic E-state index is -0.418. The van der Waals surface area contributed by atoms with Crippen molar-refractivity contribution in [1.29, 1.82) is 5.26 Å². The van der Waals surface area contributed by atoms with E-state index in [2.05, 4.69) is 228 Å². The number of hydrogen-bond donors (Lipinski definition) is 0. The summed E-state index contributed by atoms with van der Waals surface area (Å²) in [5.74, 6) is 0. The molecule has 1 spiro atoms. The second kappa shape index (κ2) is 15.2. The Morgan fingerprint density at radius 1 is 0.552 bits per heavy atom. The van der Waals surface area contributed by atoms with Crippen LogP contribution in [0.5, 0.6) is 0 Å². The van der Waals surface area contributed by atoms with E-state index in [4.69, 9.17) is 0 Å². The molecule has 3 nitrogen and oxygen atoms in total. The lowest BCUT2D eigenvalue weighted by Crippen LogP contribution is -2.26. The molecule has 0 fully saturated rings. The van der Waals surface area contributed by atoms with Crippen LogP contribution in [-0.4, -0.2) is 9.13 Å². The molecule has 3 heteroatoms. The van der Waals surface area contributed by atoms with Crippen LogP contribution in [0.1, 0.15) is 51.1 Å². The number of nitrogens with zero attached hydrogens (tertiary/aromatic N) is 3. The highest BCUT2D eigenvalue weighted by atomic mass is 15.0. The van der Waals surface area contributed by atoms with Crippen molar-refractivity contribution in [2.45, 2.75) is 18.3 Å². The fraction of sp³-hybridized carbons (Fsp3) is 0.0469. The SMILES string of the molecule is C=Cc1c(/C=C\Cc2ccc3c(c2)c2cc(-c4ccc5c(c4)C4(C6=C5C=CCC=C6)c5ccccc5-c5ccccc54)ccc2n3-c2ccc(C#N)cc2)n(-c2ccccc2)c2ccccc12.